The number of urea groups is 1. The van der Waals surface area contributed by atoms with Crippen LogP contribution in [-0.4, -0.2) is 37.9 Å². The van der Waals surface area contributed by atoms with E-state index in [1.807, 2.05) is 6.07 Å². The zero-order valence-electron chi connectivity index (χ0n) is 15.1. The van der Waals surface area contributed by atoms with Crippen LogP contribution in [0.5, 0.6) is 0 Å². The first-order valence-electron chi connectivity index (χ1n) is 8.95. The Morgan fingerprint density at radius 3 is 2.68 bits per heavy atom. The number of carbonyl (C=O) groups excluding carboxylic acids is 1. The van der Waals surface area contributed by atoms with Gasteiger partial charge in [-0.25, -0.2) is 17.6 Å². The van der Waals surface area contributed by atoms with E-state index in [0.717, 1.165) is 12.5 Å². The molecule has 0 saturated carbocycles. The fourth-order valence-electron chi connectivity index (χ4n) is 3.20. The topological polar surface area (TPSA) is 78.5 Å². The van der Waals surface area contributed by atoms with Gasteiger partial charge in [0, 0.05) is 29.3 Å². The van der Waals surface area contributed by atoms with E-state index in [9.17, 15) is 17.6 Å². The van der Waals surface area contributed by atoms with Crippen LogP contribution in [0.25, 0.3) is 0 Å². The monoisotopic (exact) mass is 469 g/mol. The second-order valence-corrected chi connectivity index (χ2v) is 9.32. The van der Waals surface area contributed by atoms with E-state index in [1.165, 1.54) is 16.4 Å². The van der Waals surface area contributed by atoms with Crippen molar-refractivity contribution in [3.8, 4) is 0 Å². The number of piperidine rings is 1. The van der Waals surface area contributed by atoms with E-state index >= 15 is 0 Å². The van der Waals surface area contributed by atoms with Crippen molar-refractivity contribution in [1.82, 2.24) is 9.62 Å². The van der Waals surface area contributed by atoms with Gasteiger partial charge in [0.15, 0.2) is 0 Å². The SMILES string of the molecule is O=C(NCC1CCCCN1S(=O)(=O)c1cc(Br)ccc1F)Nc1ccccc1. The third-order valence-corrected chi connectivity index (χ3v) is 7.04. The lowest BCUT2D eigenvalue weighted by molar-refractivity contribution is 0.231. The van der Waals surface area contributed by atoms with Crippen molar-refractivity contribution in [2.45, 2.75) is 30.2 Å². The lowest BCUT2D eigenvalue weighted by Crippen LogP contribution is -2.50. The van der Waals surface area contributed by atoms with E-state index < -0.39 is 27.9 Å². The first kappa shape index (κ1) is 20.8. The summed E-state index contributed by atoms with van der Waals surface area (Å²) in [6.07, 6.45) is 2.14. The van der Waals surface area contributed by atoms with Crippen LogP contribution < -0.4 is 10.6 Å². The zero-order valence-corrected chi connectivity index (χ0v) is 17.5. The first-order chi connectivity index (χ1) is 13.4. The summed E-state index contributed by atoms with van der Waals surface area (Å²) in [5.41, 5.74) is 0.643. The van der Waals surface area contributed by atoms with E-state index in [0.29, 0.717) is 29.5 Å². The van der Waals surface area contributed by atoms with Gasteiger partial charge in [0.1, 0.15) is 10.7 Å². The molecule has 2 aromatic rings. The summed E-state index contributed by atoms with van der Waals surface area (Å²) in [7, 11) is -4.01. The van der Waals surface area contributed by atoms with Gasteiger partial charge in [0.05, 0.1) is 0 Å². The molecule has 0 bridgehead atoms. The van der Waals surface area contributed by atoms with Crippen molar-refractivity contribution in [3.05, 3.63) is 58.8 Å². The van der Waals surface area contributed by atoms with Gasteiger partial charge in [0.2, 0.25) is 10.0 Å². The summed E-state index contributed by atoms with van der Waals surface area (Å²) in [5.74, 6) is -0.790. The number of nitrogens with zero attached hydrogens (tertiary/aromatic N) is 1. The van der Waals surface area contributed by atoms with E-state index in [2.05, 4.69) is 26.6 Å². The number of benzene rings is 2. The van der Waals surface area contributed by atoms with Crippen molar-refractivity contribution in [3.63, 3.8) is 0 Å². The first-order valence-corrected chi connectivity index (χ1v) is 11.2. The minimum Gasteiger partial charge on any atom is -0.336 e. The molecule has 6 nitrogen and oxygen atoms in total. The number of anilines is 1. The van der Waals surface area contributed by atoms with Crippen molar-refractivity contribution >= 4 is 37.7 Å². The molecule has 150 valence electrons. The number of sulfonamides is 1. The van der Waals surface area contributed by atoms with Gasteiger partial charge in [-0.2, -0.15) is 4.31 Å². The molecule has 1 aliphatic rings. The average molecular weight is 470 g/mol. The molecular formula is C19H21BrFN3O3S. The lowest BCUT2D eigenvalue weighted by atomic mass is 10.1. The van der Waals surface area contributed by atoms with Gasteiger partial charge < -0.3 is 10.6 Å². The Kier molecular flexibility index (Phi) is 6.69. The molecule has 1 atom stereocenters. The number of nitrogens with one attached hydrogen (secondary N) is 2. The Bertz CT molecular complexity index is 941. The second kappa shape index (κ2) is 9.02. The number of para-hydroxylation sites is 1. The lowest BCUT2D eigenvalue weighted by Gasteiger charge is -2.34. The van der Waals surface area contributed by atoms with Crippen LogP contribution >= 0.6 is 15.9 Å². The summed E-state index contributed by atoms with van der Waals surface area (Å²) in [4.78, 5) is 11.8. The standard InChI is InChI=1S/C19H21BrFN3O3S/c20-14-9-10-17(21)18(12-14)28(26,27)24-11-5-4-8-16(24)13-22-19(25)23-15-6-2-1-3-7-15/h1-3,6-7,9-10,12,16H,4-5,8,11,13H2,(H2,22,23,25). The molecule has 1 heterocycles. The van der Waals surface area contributed by atoms with Crippen LogP contribution in [0.15, 0.2) is 57.9 Å². The van der Waals surface area contributed by atoms with Crippen LogP contribution in [0.3, 0.4) is 0 Å². The van der Waals surface area contributed by atoms with E-state index in [-0.39, 0.29) is 11.4 Å². The van der Waals surface area contributed by atoms with Crippen LogP contribution in [0.1, 0.15) is 19.3 Å². The highest BCUT2D eigenvalue weighted by Crippen LogP contribution is 2.28. The fraction of sp³-hybridized carbons (Fsp3) is 0.316. The van der Waals surface area contributed by atoms with Crippen molar-refractivity contribution in [1.29, 1.82) is 0 Å². The molecule has 9 heteroatoms. The molecule has 1 fully saturated rings. The molecule has 1 aliphatic heterocycles. The van der Waals surface area contributed by atoms with Gasteiger partial charge in [-0.1, -0.05) is 40.5 Å². The van der Waals surface area contributed by atoms with E-state index in [1.54, 1.807) is 24.3 Å². The number of hydrogen-bond acceptors (Lipinski definition) is 3. The highest BCUT2D eigenvalue weighted by molar-refractivity contribution is 9.10. The highest BCUT2D eigenvalue weighted by Gasteiger charge is 2.35. The maximum atomic E-state index is 14.2. The molecule has 0 spiro atoms. The summed E-state index contributed by atoms with van der Waals surface area (Å²) in [5, 5.41) is 5.42. The molecule has 1 saturated heterocycles. The number of hydrogen-bond donors (Lipinski definition) is 2. The van der Waals surface area contributed by atoms with Crippen molar-refractivity contribution < 1.29 is 17.6 Å². The van der Waals surface area contributed by atoms with Crippen LogP contribution in [-0.2, 0) is 10.0 Å². The molecule has 3 rings (SSSR count). The fourth-order valence-corrected chi connectivity index (χ4v) is 5.50. The number of halogens is 2. The highest BCUT2D eigenvalue weighted by atomic mass is 79.9. The second-order valence-electron chi connectivity index (χ2n) is 6.54. The van der Waals surface area contributed by atoms with Crippen LogP contribution in [0.4, 0.5) is 14.9 Å². The molecule has 1 unspecified atom stereocenters. The van der Waals surface area contributed by atoms with Gasteiger partial charge in [-0.05, 0) is 43.2 Å². The quantitative estimate of drug-likeness (QED) is 0.695. The normalized spacial score (nSPS) is 17.9. The summed E-state index contributed by atoms with van der Waals surface area (Å²) in [6, 6.07) is 12.0. The number of amides is 2. The van der Waals surface area contributed by atoms with Gasteiger partial charge in [0.25, 0.3) is 0 Å². The van der Waals surface area contributed by atoms with Crippen LogP contribution in [0.2, 0.25) is 0 Å². The molecule has 2 aromatic carbocycles. The minimum atomic E-state index is -4.01. The molecule has 0 radical (unpaired) electrons. The smallest absolute Gasteiger partial charge is 0.319 e. The zero-order chi connectivity index (χ0) is 20.1. The third kappa shape index (κ3) is 4.89. The molecule has 2 amide bonds. The molecular weight excluding hydrogens is 449 g/mol. The minimum absolute atomic E-state index is 0.146. The third-order valence-electron chi connectivity index (χ3n) is 4.58. The Morgan fingerprint density at radius 1 is 1.18 bits per heavy atom. The average Bonchev–Trinajstić information content (AvgIpc) is 2.69. The Morgan fingerprint density at radius 2 is 1.93 bits per heavy atom. The predicted molar refractivity (Wildman–Crippen MR) is 109 cm³/mol. The number of rotatable bonds is 5. The molecule has 28 heavy (non-hydrogen) atoms. The van der Waals surface area contributed by atoms with Crippen molar-refractivity contribution in [2.24, 2.45) is 0 Å². The Labute approximate surface area is 172 Å². The van der Waals surface area contributed by atoms with Crippen LogP contribution in [0, 0.1) is 5.82 Å². The molecule has 2 N–H and O–H groups in total. The number of carbonyl (C=O) groups is 1. The largest absolute Gasteiger partial charge is 0.336 e. The van der Waals surface area contributed by atoms with Gasteiger partial charge in [-0.3, -0.25) is 0 Å². The molecule has 0 aromatic heterocycles. The van der Waals surface area contributed by atoms with Gasteiger partial charge in [-0.15, -0.1) is 0 Å². The predicted octanol–water partition coefficient (Wildman–Crippen LogP) is 3.95. The van der Waals surface area contributed by atoms with E-state index in [4.69, 9.17) is 0 Å². The van der Waals surface area contributed by atoms with Crippen molar-refractivity contribution in [2.75, 3.05) is 18.4 Å². The summed E-state index contributed by atoms with van der Waals surface area (Å²) >= 11 is 3.19. The Hall–Kier alpha value is -1.97. The summed E-state index contributed by atoms with van der Waals surface area (Å²) < 4.78 is 42.1. The molecule has 0 aliphatic carbocycles. The Balaban J connectivity index is 1.71. The van der Waals surface area contributed by atoms with Gasteiger partial charge >= 0.3 is 6.03 Å². The maximum absolute atomic E-state index is 14.2. The maximum Gasteiger partial charge on any atom is 0.319 e. The summed E-state index contributed by atoms with van der Waals surface area (Å²) in [6.45, 7) is 0.439.